The quantitative estimate of drug-likeness (QED) is 0.363. The Morgan fingerprint density at radius 1 is 1.00 bits per heavy atom. The van der Waals surface area contributed by atoms with E-state index in [4.69, 9.17) is 15.3 Å². The summed E-state index contributed by atoms with van der Waals surface area (Å²) in [5.74, 6) is 9.10. The second-order valence-electron chi connectivity index (χ2n) is 6.34. The summed E-state index contributed by atoms with van der Waals surface area (Å²) in [5.41, 5.74) is 3.43. The standard InChI is InChI=1S/C20H24N4O2S/c1-14-10-15(2)12-17(11-14)26-13-19-22-23-20(24(19)21)27-9-8-25-18-7-5-4-6-16(18)3/h4-7,10-12H,8-9,13,21H2,1-3H3. The molecule has 0 saturated carbocycles. The van der Waals surface area contributed by atoms with Crippen LogP contribution in [0.25, 0.3) is 0 Å². The molecule has 6 nitrogen and oxygen atoms in total. The molecule has 0 aliphatic rings. The number of aromatic nitrogens is 3. The highest BCUT2D eigenvalue weighted by molar-refractivity contribution is 7.99. The van der Waals surface area contributed by atoms with Crippen molar-refractivity contribution in [2.75, 3.05) is 18.2 Å². The first-order valence-electron chi connectivity index (χ1n) is 8.74. The number of hydrogen-bond acceptors (Lipinski definition) is 6. The molecule has 0 aliphatic carbocycles. The molecule has 1 heterocycles. The lowest BCUT2D eigenvalue weighted by molar-refractivity contribution is 0.291. The molecule has 0 amide bonds. The number of nitrogens with zero attached hydrogens (tertiary/aromatic N) is 3. The zero-order valence-electron chi connectivity index (χ0n) is 15.8. The largest absolute Gasteiger partial charge is 0.492 e. The normalized spacial score (nSPS) is 10.8. The van der Waals surface area contributed by atoms with Crippen LogP contribution >= 0.6 is 11.8 Å². The van der Waals surface area contributed by atoms with Gasteiger partial charge in [-0.2, -0.15) is 0 Å². The Balaban J connectivity index is 1.50. The maximum absolute atomic E-state index is 6.09. The third-order valence-electron chi connectivity index (χ3n) is 3.96. The lowest BCUT2D eigenvalue weighted by Crippen LogP contribution is -2.16. The highest BCUT2D eigenvalue weighted by Crippen LogP contribution is 2.20. The first kappa shape index (κ1) is 19.1. The van der Waals surface area contributed by atoms with Crippen molar-refractivity contribution in [3.8, 4) is 11.5 Å². The molecule has 7 heteroatoms. The van der Waals surface area contributed by atoms with Crippen LogP contribution in [0.4, 0.5) is 0 Å². The monoisotopic (exact) mass is 384 g/mol. The zero-order chi connectivity index (χ0) is 19.2. The molecular weight excluding hydrogens is 360 g/mol. The molecule has 0 aliphatic heterocycles. The van der Waals surface area contributed by atoms with Crippen molar-refractivity contribution in [3.05, 3.63) is 65.0 Å². The number of nitrogen functional groups attached to an aromatic ring is 1. The van der Waals surface area contributed by atoms with Crippen molar-refractivity contribution in [3.63, 3.8) is 0 Å². The van der Waals surface area contributed by atoms with E-state index >= 15 is 0 Å². The number of rotatable bonds is 8. The zero-order valence-corrected chi connectivity index (χ0v) is 16.6. The van der Waals surface area contributed by atoms with E-state index in [1.165, 1.54) is 16.4 Å². The highest BCUT2D eigenvalue weighted by Gasteiger charge is 2.11. The molecule has 1 aromatic heterocycles. The predicted octanol–water partition coefficient (Wildman–Crippen LogP) is 3.67. The maximum atomic E-state index is 6.09. The van der Waals surface area contributed by atoms with E-state index in [9.17, 15) is 0 Å². The van der Waals surface area contributed by atoms with Crippen LogP contribution in [-0.2, 0) is 6.61 Å². The lowest BCUT2D eigenvalue weighted by Gasteiger charge is -2.09. The first-order valence-corrected chi connectivity index (χ1v) is 9.73. The Morgan fingerprint density at radius 3 is 2.48 bits per heavy atom. The van der Waals surface area contributed by atoms with Crippen LogP contribution in [0.2, 0.25) is 0 Å². The van der Waals surface area contributed by atoms with E-state index in [0.717, 1.165) is 33.9 Å². The van der Waals surface area contributed by atoms with Gasteiger partial charge in [0.2, 0.25) is 5.16 Å². The van der Waals surface area contributed by atoms with Crippen LogP contribution in [0, 0.1) is 20.8 Å². The number of benzene rings is 2. The Morgan fingerprint density at radius 2 is 1.74 bits per heavy atom. The molecular formula is C20H24N4O2S. The molecule has 0 radical (unpaired) electrons. The van der Waals surface area contributed by atoms with Gasteiger partial charge in [-0.1, -0.05) is 36.0 Å². The minimum atomic E-state index is 0.270. The van der Waals surface area contributed by atoms with Gasteiger partial charge in [0.15, 0.2) is 5.82 Å². The van der Waals surface area contributed by atoms with Gasteiger partial charge in [0.1, 0.15) is 18.1 Å². The molecule has 0 bridgehead atoms. The summed E-state index contributed by atoms with van der Waals surface area (Å²) in [5, 5.41) is 8.91. The number of para-hydroxylation sites is 1. The molecule has 2 N–H and O–H groups in total. The van der Waals surface area contributed by atoms with Crippen LogP contribution in [0.5, 0.6) is 11.5 Å². The van der Waals surface area contributed by atoms with E-state index < -0.39 is 0 Å². The molecule has 3 aromatic rings. The van der Waals surface area contributed by atoms with Crippen molar-refractivity contribution in [1.82, 2.24) is 14.9 Å². The van der Waals surface area contributed by atoms with Crippen LogP contribution in [0.15, 0.2) is 47.6 Å². The summed E-state index contributed by atoms with van der Waals surface area (Å²) in [6.07, 6.45) is 0. The molecule has 0 saturated heterocycles. The number of thioether (sulfide) groups is 1. The molecule has 3 rings (SSSR count). The second-order valence-corrected chi connectivity index (χ2v) is 7.41. The van der Waals surface area contributed by atoms with E-state index in [-0.39, 0.29) is 6.61 Å². The van der Waals surface area contributed by atoms with E-state index in [1.807, 2.05) is 57.2 Å². The fourth-order valence-electron chi connectivity index (χ4n) is 2.67. The van der Waals surface area contributed by atoms with Gasteiger partial charge in [-0.05, 0) is 55.7 Å². The maximum Gasteiger partial charge on any atom is 0.210 e. The minimum absolute atomic E-state index is 0.270. The number of ether oxygens (including phenoxy) is 2. The van der Waals surface area contributed by atoms with Crippen LogP contribution < -0.4 is 15.3 Å². The van der Waals surface area contributed by atoms with Gasteiger partial charge in [-0.25, -0.2) is 4.68 Å². The van der Waals surface area contributed by atoms with Crippen LogP contribution in [0.3, 0.4) is 0 Å². The average Bonchev–Trinajstić information content (AvgIpc) is 2.97. The van der Waals surface area contributed by atoms with Gasteiger partial charge in [-0.15, -0.1) is 10.2 Å². The number of hydrogen-bond donors (Lipinski definition) is 1. The summed E-state index contributed by atoms with van der Waals surface area (Å²) in [7, 11) is 0. The minimum Gasteiger partial charge on any atom is -0.492 e. The van der Waals surface area contributed by atoms with Crippen LogP contribution in [-0.4, -0.2) is 27.2 Å². The van der Waals surface area contributed by atoms with Gasteiger partial charge in [0.05, 0.1) is 6.61 Å². The smallest absolute Gasteiger partial charge is 0.210 e. The topological polar surface area (TPSA) is 75.2 Å². The molecule has 27 heavy (non-hydrogen) atoms. The van der Waals surface area contributed by atoms with Crippen molar-refractivity contribution in [2.24, 2.45) is 0 Å². The third kappa shape index (κ3) is 5.17. The summed E-state index contributed by atoms with van der Waals surface area (Å²) in [6, 6.07) is 14.0. The van der Waals surface area contributed by atoms with Gasteiger partial charge in [-0.3, -0.25) is 0 Å². The third-order valence-corrected chi connectivity index (χ3v) is 4.87. The van der Waals surface area contributed by atoms with Crippen molar-refractivity contribution >= 4 is 11.8 Å². The van der Waals surface area contributed by atoms with E-state index in [2.05, 4.69) is 16.3 Å². The van der Waals surface area contributed by atoms with Gasteiger partial charge < -0.3 is 15.3 Å². The molecule has 0 spiro atoms. The summed E-state index contributed by atoms with van der Waals surface area (Å²) in [4.78, 5) is 0. The van der Waals surface area contributed by atoms with Crippen LogP contribution in [0.1, 0.15) is 22.5 Å². The molecule has 2 aromatic carbocycles. The fraction of sp³-hybridized carbons (Fsp3) is 0.300. The van der Waals surface area contributed by atoms with Crippen molar-refractivity contribution in [2.45, 2.75) is 32.5 Å². The number of nitrogens with two attached hydrogens (primary N) is 1. The van der Waals surface area contributed by atoms with Gasteiger partial charge in [0.25, 0.3) is 0 Å². The van der Waals surface area contributed by atoms with Crippen molar-refractivity contribution in [1.29, 1.82) is 0 Å². The number of aryl methyl sites for hydroxylation is 3. The molecule has 0 fully saturated rings. The summed E-state index contributed by atoms with van der Waals surface area (Å²) >= 11 is 1.50. The lowest BCUT2D eigenvalue weighted by atomic mass is 10.1. The Labute approximate surface area is 163 Å². The molecule has 0 unspecified atom stereocenters. The Hall–Kier alpha value is -2.67. The van der Waals surface area contributed by atoms with E-state index in [0.29, 0.717) is 17.6 Å². The summed E-state index contributed by atoms with van der Waals surface area (Å²) in [6.45, 7) is 6.95. The Bertz CT molecular complexity index is 890. The van der Waals surface area contributed by atoms with Gasteiger partial charge in [0, 0.05) is 5.75 Å². The summed E-state index contributed by atoms with van der Waals surface area (Å²) < 4.78 is 13.1. The molecule has 0 atom stereocenters. The predicted molar refractivity (Wildman–Crippen MR) is 108 cm³/mol. The first-order chi connectivity index (χ1) is 13.0. The SMILES string of the molecule is Cc1cc(C)cc(OCc2nnc(SCCOc3ccccc3C)n2N)c1. The highest BCUT2D eigenvalue weighted by atomic mass is 32.2. The average molecular weight is 385 g/mol. The van der Waals surface area contributed by atoms with Crippen molar-refractivity contribution < 1.29 is 9.47 Å². The fourth-order valence-corrected chi connectivity index (χ4v) is 3.36. The Kier molecular flexibility index (Phi) is 6.24. The second kappa shape index (κ2) is 8.81. The van der Waals surface area contributed by atoms with E-state index in [1.54, 1.807) is 0 Å². The van der Waals surface area contributed by atoms with Gasteiger partial charge >= 0.3 is 0 Å². The molecule has 142 valence electrons.